The fraction of sp³-hybridized carbons (Fsp3) is 0.917. The third kappa shape index (κ3) is 5.75. The van der Waals surface area contributed by atoms with Crippen molar-refractivity contribution in [1.82, 2.24) is 10.6 Å². The average Bonchev–Trinajstić information content (AvgIpc) is 2.29. The van der Waals surface area contributed by atoms with Crippen molar-refractivity contribution in [2.24, 2.45) is 0 Å². The van der Waals surface area contributed by atoms with E-state index in [0.717, 1.165) is 19.4 Å². The molecule has 0 unspecified atom stereocenters. The van der Waals surface area contributed by atoms with Gasteiger partial charge in [0.1, 0.15) is 0 Å². The maximum Gasteiger partial charge on any atom is 0.234 e. The van der Waals surface area contributed by atoms with E-state index in [1.54, 1.807) is 0 Å². The average molecular weight is 246 g/mol. The molecule has 0 aliphatic heterocycles. The smallest absolute Gasteiger partial charge is 0.234 e. The largest absolute Gasteiger partial charge is 0.354 e. The summed E-state index contributed by atoms with van der Waals surface area (Å²) in [5.41, 5.74) is 0. The van der Waals surface area contributed by atoms with Gasteiger partial charge in [0.15, 0.2) is 0 Å². The molecule has 0 fully saturated rings. The van der Waals surface area contributed by atoms with Crippen molar-refractivity contribution in [2.45, 2.75) is 51.3 Å². The lowest BCUT2D eigenvalue weighted by molar-refractivity contribution is -0.120. The molecule has 96 valence electrons. The van der Waals surface area contributed by atoms with Crippen LogP contribution in [0.15, 0.2) is 0 Å². The van der Waals surface area contributed by atoms with Gasteiger partial charge in [-0.1, -0.05) is 27.7 Å². The highest BCUT2D eigenvalue weighted by Gasteiger charge is 2.25. The Morgan fingerprint density at radius 3 is 2.25 bits per heavy atom. The number of nitrogens with one attached hydrogen (secondary N) is 2. The molecule has 0 spiro atoms. The van der Waals surface area contributed by atoms with Gasteiger partial charge in [-0.25, -0.2) is 0 Å². The van der Waals surface area contributed by atoms with Crippen molar-refractivity contribution in [2.75, 3.05) is 19.3 Å². The van der Waals surface area contributed by atoms with Crippen LogP contribution in [0.3, 0.4) is 0 Å². The zero-order valence-electron chi connectivity index (χ0n) is 11.2. The normalized spacial score (nSPS) is 11.9. The maximum atomic E-state index is 11.6. The Morgan fingerprint density at radius 2 is 1.88 bits per heavy atom. The minimum absolute atomic E-state index is 0.0917. The fourth-order valence-electron chi connectivity index (χ4n) is 1.48. The number of carbonyl (C=O) groups excluding carboxylic acids is 1. The lowest BCUT2D eigenvalue weighted by atomic mass is 10.0. The van der Waals surface area contributed by atoms with Crippen molar-refractivity contribution in [3.63, 3.8) is 0 Å². The molecule has 3 nitrogen and oxygen atoms in total. The lowest BCUT2D eigenvalue weighted by Crippen LogP contribution is -2.43. The Bertz CT molecular complexity index is 195. The van der Waals surface area contributed by atoms with Crippen LogP contribution in [-0.4, -0.2) is 36.0 Å². The van der Waals surface area contributed by atoms with Gasteiger partial charge in [0.2, 0.25) is 5.91 Å². The molecule has 16 heavy (non-hydrogen) atoms. The quantitative estimate of drug-likeness (QED) is 0.688. The van der Waals surface area contributed by atoms with Crippen LogP contribution in [-0.2, 0) is 4.79 Å². The van der Waals surface area contributed by atoms with Crippen molar-refractivity contribution in [3.8, 4) is 0 Å². The van der Waals surface area contributed by atoms with E-state index < -0.39 is 0 Å². The third-order valence-electron chi connectivity index (χ3n) is 3.00. The number of thioether (sulfide) groups is 1. The molecule has 0 atom stereocenters. The van der Waals surface area contributed by atoms with E-state index in [9.17, 15) is 4.79 Å². The Hall–Kier alpha value is -0.220. The van der Waals surface area contributed by atoms with Crippen LogP contribution in [0.1, 0.15) is 40.5 Å². The summed E-state index contributed by atoms with van der Waals surface area (Å²) in [4.78, 5) is 11.6. The number of rotatable bonds is 8. The van der Waals surface area contributed by atoms with Crippen LogP contribution in [0.4, 0.5) is 0 Å². The van der Waals surface area contributed by atoms with Crippen molar-refractivity contribution in [3.05, 3.63) is 0 Å². The van der Waals surface area contributed by atoms with Crippen LogP contribution in [0, 0.1) is 0 Å². The second kappa shape index (κ2) is 7.96. The number of carbonyl (C=O) groups is 1. The van der Waals surface area contributed by atoms with E-state index in [2.05, 4.69) is 30.7 Å². The first kappa shape index (κ1) is 15.8. The molecule has 0 rings (SSSR count). The predicted octanol–water partition coefficient (Wildman–Crippen LogP) is 2.02. The van der Waals surface area contributed by atoms with E-state index in [1.165, 1.54) is 0 Å². The highest BCUT2D eigenvalue weighted by Crippen LogP contribution is 2.29. The minimum Gasteiger partial charge on any atom is -0.354 e. The summed E-state index contributed by atoms with van der Waals surface area (Å²) < 4.78 is 0.202. The molecule has 0 aromatic carbocycles. The van der Waals surface area contributed by atoms with Gasteiger partial charge in [-0.2, -0.15) is 11.8 Å². The Morgan fingerprint density at radius 1 is 1.31 bits per heavy atom. The number of amides is 1. The van der Waals surface area contributed by atoms with Crippen LogP contribution in [0.2, 0.25) is 0 Å². The molecule has 0 radical (unpaired) electrons. The molecule has 0 aromatic rings. The SMILES string of the molecule is CCC(CC)(CNC(=O)CNC(C)C)SC. The maximum absolute atomic E-state index is 11.6. The Balaban J connectivity index is 3.97. The van der Waals surface area contributed by atoms with Crippen LogP contribution >= 0.6 is 11.8 Å². The topological polar surface area (TPSA) is 41.1 Å². The Kier molecular flexibility index (Phi) is 7.85. The summed E-state index contributed by atoms with van der Waals surface area (Å²) in [6.07, 6.45) is 4.29. The molecule has 0 aliphatic carbocycles. The first-order valence-corrected chi connectivity index (χ1v) is 7.27. The zero-order valence-corrected chi connectivity index (χ0v) is 12.0. The first-order chi connectivity index (χ1) is 7.49. The van der Waals surface area contributed by atoms with Gasteiger partial charge in [0, 0.05) is 17.3 Å². The molecule has 4 heteroatoms. The standard InChI is InChI=1S/C12H26N2OS/c1-6-12(7-2,16-5)9-14-11(15)8-13-10(3)4/h10,13H,6-9H2,1-5H3,(H,14,15). The second-order valence-corrected chi connectivity index (χ2v) is 5.68. The van der Waals surface area contributed by atoms with Crippen molar-refractivity contribution in [1.29, 1.82) is 0 Å². The monoisotopic (exact) mass is 246 g/mol. The summed E-state index contributed by atoms with van der Waals surface area (Å²) in [5, 5.41) is 6.13. The van der Waals surface area contributed by atoms with E-state index in [-0.39, 0.29) is 10.7 Å². The number of hydrogen-bond acceptors (Lipinski definition) is 3. The predicted molar refractivity (Wildman–Crippen MR) is 73.0 cm³/mol. The molecule has 0 bridgehead atoms. The van der Waals surface area contributed by atoms with E-state index >= 15 is 0 Å². The van der Waals surface area contributed by atoms with Gasteiger partial charge in [0.05, 0.1) is 6.54 Å². The van der Waals surface area contributed by atoms with Crippen molar-refractivity contribution < 1.29 is 4.79 Å². The summed E-state index contributed by atoms with van der Waals surface area (Å²) in [7, 11) is 0. The lowest BCUT2D eigenvalue weighted by Gasteiger charge is -2.29. The van der Waals surface area contributed by atoms with Crippen LogP contribution in [0.25, 0.3) is 0 Å². The van der Waals surface area contributed by atoms with Gasteiger partial charge < -0.3 is 10.6 Å². The van der Waals surface area contributed by atoms with Gasteiger partial charge in [-0.05, 0) is 19.1 Å². The third-order valence-corrected chi connectivity index (χ3v) is 4.59. The van der Waals surface area contributed by atoms with Gasteiger partial charge in [-0.15, -0.1) is 0 Å². The molecule has 0 aromatic heterocycles. The number of hydrogen-bond donors (Lipinski definition) is 2. The molecule has 0 saturated carbocycles. The highest BCUT2D eigenvalue weighted by atomic mass is 32.2. The molecular weight excluding hydrogens is 220 g/mol. The molecule has 0 heterocycles. The van der Waals surface area contributed by atoms with E-state index in [0.29, 0.717) is 12.6 Å². The highest BCUT2D eigenvalue weighted by molar-refractivity contribution is 8.00. The van der Waals surface area contributed by atoms with Gasteiger partial charge in [0.25, 0.3) is 0 Å². The molecule has 2 N–H and O–H groups in total. The first-order valence-electron chi connectivity index (χ1n) is 6.05. The molecule has 0 saturated heterocycles. The van der Waals surface area contributed by atoms with Crippen LogP contribution in [0.5, 0.6) is 0 Å². The van der Waals surface area contributed by atoms with Gasteiger partial charge in [-0.3, -0.25) is 4.79 Å². The van der Waals surface area contributed by atoms with E-state index in [4.69, 9.17) is 0 Å². The van der Waals surface area contributed by atoms with Crippen LogP contribution < -0.4 is 10.6 Å². The van der Waals surface area contributed by atoms with Crippen molar-refractivity contribution >= 4 is 17.7 Å². The zero-order chi connectivity index (χ0) is 12.6. The summed E-state index contributed by atoms with van der Waals surface area (Å²) >= 11 is 1.85. The second-order valence-electron chi connectivity index (χ2n) is 4.41. The van der Waals surface area contributed by atoms with E-state index in [1.807, 2.05) is 25.6 Å². The molecule has 0 aliphatic rings. The summed E-state index contributed by atoms with van der Waals surface area (Å²) in [5.74, 6) is 0.0917. The fourth-order valence-corrected chi connectivity index (χ4v) is 2.27. The van der Waals surface area contributed by atoms with Gasteiger partial charge >= 0.3 is 0 Å². The summed E-state index contributed by atoms with van der Waals surface area (Å²) in [6.45, 7) is 9.61. The Labute approximate surface area is 104 Å². The molecular formula is C12H26N2OS. The minimum atomic E-state index is 0.0917. The molecule has 1 amide bonds. The summed E-state index contributed by atoms with van der Waals surface area (Å²) in [6, 6.07) is 0.355.